The molecule has 0 radical (unpaired) electrons. The number of methoxy groups -OCH3 is 1. The minimum absolute atomic E-state index is 0.0920. The van der Waals surface area contributed by atoms with E-state index in [-0.39, 0.29) is 12.1 Å². The lowest BCUT2D eigenvalue weighted by molar-refractivity contribution is -0.148. The number of aromatic nitrogens is 4. The third-order valence-corrected chi connectivity index (χ3v) is 8.10. The van der Waals surface area contributed by atoms with Crippen LogP contribution in [0.15, 0.2) is 59.6 Å². The maximum absolute atomic E-state index is 12.5. The number of fused-ring (bicyclic) bond motifs is 2. The summed E-state index contributed by atoms with van der Waals surface area (Å²) in [5.74, 6) is 0.467. The lowest BCUT2D eigenvalue weighted by Crippen LogP contribution is -2.66. The number of carboxylic acids is 1. The van der Waals surface area contributed by atoms with Gasteiger partial charge in [0.2, 0.25) is 5.88 Å². The molecule has 0 aliphatic carbocycles. The molecular formula is C27H24BrN7O3. The molecular weight excluding hydrogens is 550 g/mol. The average Bonchev–Trinajstić information content (AvgIpc) is 3.40. The molecule has 1 unspecified atom stereocenters. The monoisotopic (exact) mass is 573 g/mol. The Kier molecular flexibility index (Phi) is 5.81. The Morgan fingerprint density at radius 1 is 1.26 bits per heavy atom. The normalized spacial score (nSPS) is 22.6. The van der Waals surface area contributed by atoms with Crippen molar-refractivity contribution in [2.75, 3.05) is 25.1 Å². The highest BCUT2D eigenvalue weighted by Crippen LogP contribution is 2.47. The van der Waals surface area contributed by atoms with Gasteiger partial charge in [0.1, 0.15) is 11.9 Å². The van der Waals surface area contributed by atoms with Crippen LogP contribution in [-0.4, -0.2) is 67.8 Å². The summed E-state index contributed by atoms with van der Waals surface area (Å²) in [6, 6.07) is 11.7. The molecule has 0 saturated carbocycles. The first-order valence-electron chi connectivity index (χ1n) is 12.1. The summed E-state index contributed by atoms with van der Waals surface area (Å²) in [4.78, 5) is 25.8. The van der Waals surface area contributed by atoms with Gasteiger partial charge >= 0.3 is 5.97 Å². The fraction of sp³-hybridized carbons (Fsp3) is 0.296. The molecule has 192 valence electrons. The molecule has 38 heavy (non-hydrogen) atoms. The number of likely N-dealkylation sites (tertiary alicyclic amines) is 1. The van der Waals surface area contributed by atoms with Crippen LogP contribution in [0.2, 0.25) is 0 Å². The summed E-state index contributed by atoms with van der Waals surface area (Å²) >= 11 is 3.52. The highest BCUT2D eigenvalue weighted by molar-refractivity contribution is 9.10. The van der Waals surface area contributed by atoms with Crippen LogP contribution in [0.1, 0.15) is 18.1 Å². The molecule has 0 amide bonds. The molecule has 2 aliphatic rings. The minimum atomic E-state index is -0.946. The van der Waals surface area contributed by atoms with Crippen LogP contribution in [0, 0.1) is 16.7 Å². The van der Waals surface area contributed by atoms with Gasteiger partial charge in [-0.1, -0.05) is 6.07 Å². The highest BCUT2D eigenvalue weighted by atomic mass is 79.9. The number of ether oxygens (including phenoxy) is 1. The quantitative estimate of drug-likeness (QED) is 0.368. The Balaban J connectivity index is 1.27. The number of nitriles is 1. The summed E-state index contributed by atoms with van der Waals surface area (Å²) in [6.45, 7) is 3.56. The van der Waals surface area contributed by atoms with E-state index in [0.717, 1.165) is 27.0 Å². The number of pyridine rings is 3. The number of carbonyl (C=O) groups is 1. The fourth-order valence-electron chi connectivity index (χ4n) is 5.77. The molecule has 3 atom stereocenters. The number of halogens is 1. The van der Waals surface area contributed by atoms with Gasteiger partial charge in [0.25, 0.3) is 0 Å². The van der Waals surface area contributed by atoms with Crippen molar-refractivity contribution in [3.63, 3.8) is 0 Å². The Morgan fingerprint density at radius 2 is 2.11 bits per heavy atom. The molecule has 2 fully saturated rings. The van der Waals surface area contributed by atoms with Crippen LogP contribution in [0.4, 0.5) is 5.82 Å². The zero-order valence-corrected chi connectivity index (χ0v) is 22.3. The van der Waals surface area contributed by atoms with Gasteiger partial charge in [0, 0.05) is 65.9 Å². The van der Waals surface area contributed by atoms with E-state index in [0.29, 0.717) is 36.6 Å². The topological polar surface area (TPSA) is 120 Å². The average molecular weight is 574 g/mol. The summed E-state index contributed by atoms with van der Waals surface area (Å²) in [5.41, 5.74) is 2.94. The maximum Gasteiger partial charge on any atom is 0.312 e. The summed E-state index contributed by atoms with van der Waals surface area (Å²) in [6.07, 6.45) is 6.90. The predicted octanol–water partition coefficient (Wildman–Crippen LogP) is 3.60. The number of anilines is 1. The molecule has 0 aromatic carbocycles. The molecule has 4 aromatic rings. The summed E-state index contributed by atoms with van der Waals surface area (Å²) < 4.78 is 7.66. The van der Waals surface area contributed by atoms with Crippen LogP contribution in [0.25, 0.3) is 16.6 Å². The van der Waals surface area contributed by atoms with Crippen LogP contribution in [-0.2, 0) is 11.3 Å². The van der Waals surface area contributed by atoms with Gasteiger partial charge in [-0.3, -0.25) is 9.69 Å². The molecule has 2 aliphatic heterocycles. The fourth-order valence-corrected chi connectivity index (χ4v) is 6.19. The molecule has 10 nitrogen and oxygen atoms in total. The second kappa shape index (κ2) is 9.08. The molecule has 2 saturated heterocycles. The van der Waals surface area contributed by atoms with Crippen LogP contribution >= 0.6 is 15.9 Å². The number of hydrogen-bond donors (Lipinski definition) is 1. The van der Waals surface area contributed by atoms with Crippen molar-refractivity contribution in [3.8, 4) is 23.1 Å². The third kappa shape index (κ3) is 3.79. The minimum Gasteiger partial charge on any atom is -0.481 e. The SMILES string of the molecule is COc1ccc(CN2CC(C)(C(=O)O)[C@H]3[C@@H]2CN3c2ccc(-c3cc(Br)cn4ncc(C#N)c34)cn2)cn1. The van der Waals surface area contributed by atoms with Crippen molar-refractivity contribution >= 4 is 33.2 Å². The van der Waals surface area contributed by atoms with E-state index >= 15 is 0 Å². The molecule has 1 N–H and O–H groups in total. The number of carboxylic acid groups (broad SMARTS) is 1. The van der Waals surface area contributed by atoms with Crippen molar-refractivity contribution in [1.82, 2.24) is 24.5 Å². The lowest BCUT2D eigenvalue weighted by atomic mass is 9.77. The second-order valence-electron chi connectivity index (χ2n) is 9.94. The molecule has 6 heterocycles. The van der Waals surface area contributed by atoms with E-state index in [1.54, 1.807) is 30.2 Å². The first kappa shape index (κ1) is 24.3. The Bertz CT molecular complexity index is 1580. The van der Waals surface area contributed by atoms with Gasteiger partial charge in [-0.05, 0) is 46.6 Å². The van der Waals surface area contributed by atoms with Crippen molar-refractivity contribution in [2.45, 2.75) is 25.6 Å². The van der Waals surface area contributed by atoms with Gasteiger partial charge in [0.05, 0.1) is 35.8 Å². The summed E-state index contributed by atoms with van der Waals surface area (Å²) in [7, 11) is 1.58. The molecule has 4 aromatic heterocycles. The van der Waals surface area contributed by atoms with Gasteiger partial charge in [-0.15, -0.1) is 0 Å². The van der Waals surface area contributed by atoms with Crippen molar-refractivity contribution in [2.24, 2.45) is 5.41 Å². The van der Waals surface area contributed by atoms with E-state index < -0.39 is 11.4 Å². The zero-order valence-electron chi connectivity index (χ0n) is 20.7. The Morgan fingerprint density at radius 3 is 2.76 bits per heavy atom. The van der Waals surface area contributed by atoms with Crippen molar-refractivity contribution < 1.29 is 14.6 Å². The van der Waals surface area contributed by atoms with E-state index in [9.17, 15) is 15.2 Å². The number of aliphatic carboxylic acids is 1. The number of hydrogen-bond acceptors (Lipinski definition) is 8. The smallest absolute Gasteiger partial charge is 0.312 e. The van der Waals surface area contributed by atoms with Crippen molar-refractivity contribution in [3.05, 3.63) is 70.7 Å². The van der Waals surface area contributed by atoms with Crippen LogP contribution < -0.4 is 9.64 Å². The van der Waals surface area contributed by atoms with Gasteiger partial charge in [-0.2, -0.15) is 10.4 Å². The number of nitrogens with zero attached hydrogens (tertiary/aromatic N) is 7. The van der Waals surface area contributed by atoms with Gasteiger partial charge in [-0.25, -0.2) is 14.5 Å². The van der Waals surface area contributed by atoms with Crippen molar-refractivity contribution in [1.29, 1.82) is 5.26 Å². The Hall–Kier alpha value is -4.01. The van der Waals surface area contributed by atoms with Gasteiger partial charge in [0.15, 0.2) is 0 Å². The second-order valence-corrected chi connectivity index (χ2v) is 10.9. The van der Waals surface area contributed by atoms with Gasteiger partial charge < -0.3 is 14.7 Å². The van der Waals surface area contributed by atoms with Crippen LogP contribution in [0.5, 0.6) is 5.88 Å². The molecule has 11 heteroatoms. The van der Waals surface area contributed by atoms with E-state index in [1.807, 2.05) is 43.5 Å². The first-order chi connectivity index (χ1) is 18.3. The maximum atomic E-state index is 12.5. The largest absolute Gasteiger partial charge is 0.481 e. The molecule has 6 rings (SSSR count). The molecule has 0 bridgehead atoms. The number of rotatable bonds is 6. The predicted molar refractivity (Wildman–Crippen MR) is 143 cm³/mol. The third-order valence-electron chi connectivity index (χ3n) is 7.67. The summed E-state index contributed by atoms with van der Waals surface area (Å²) in [5, 5.41) is 24.0. The zero-order chi connectivity index (χ0) is 26.6. The molecule has 0 spiro atoms. The Labute approximate surface area is 227 Å². The lowest BCUT2D eigenvalue weighted by Gasteiger charge is -2.50. The van der Waals surface area contributed by atoms with E-state index in [2.05, 4.69) is 41.9 Å². The standard InChI is InChI=1S/C27H24BrN7O3/c1-27(26(36)37)15-33(12-16-3-6-23(38-2)31-9-16)21-14-34(25(21)27)22-5-4-17(10-30-22)20-7-19(28)13-35-24(20)18(8-29)11-32-35/h3-7,9-11,13,21,25H,12,14-15H2,1-2H3,(H,36,37)/t21-,25+,27?/m0/s1. The van der Waals surface area contributed by atoms with E-state index in [4.69, 9.17) is 9.72 Å². The first-order valence-corrected chi connectivity index (χ1v) is 12.9. The highest BCUT2D eigenvalue weighted by Gasteiger charge is 2.62. The van der Waals surface area contributed by atoms with Crippen LogP contribution in [0.3, 0.4) is 0 Å². The van der Waals surface area contributed by atoms with E-state index in [1.165, 1.54) is 0 Å².